The maximum atomic E-state index is 12.2. The number of carbonyl (C=O) groups is 2. The highest BCUT2D eigenvalue weighted by Gasteiger charge is 2.18. The van der Waals surface area contributed by atoms with E-state index in [1.165, 1.54) is 7.11 Å². The minimum atomic E-state index is -0.485. The average molecular weight is 358 g/mol. The number of benzene rings is 1. The molecule has 0 atom stereocenters. The van der Waals surface area contributed by atoms with Crippen LogP contribution in [0, 0.1) is 0 Å². The van der Waals surface area contributed by atoms with Crippen molar-refractivity contribution in [3.05, 3.63) is 47.9 Å². The number of amides is 1. The van der Waals surface area contributed by atoms with Gasteiger partial charge in [-0.2, -0.15) is 0 Å². The summed E-state index contributed by atoms with van der Waals surface area (Å²) < 4.78 is 15.5. The number of anilines is 2. The largest absolute Gasteiger partial charge is 0.469 e. The molecular weight excluding hydrogens is 336 g/mol. The van der Waals surface area contributed by atoms with Crippen molar-refractivity contribution in [3.8, 4) is 0 Å². The van der Waals surface area contributed by atoms with Gasteiger partial charge in [0.05, 0.1) is 37.8 Å². The lowest BCUT2D eigenvalue weighted by Crippen LogP contribution is -2.36. The molecule has 1 aromatic carbocycles. The molecule has 0 unspecified atom stereocenters. The maximum Gasteiger partial charge on any atom is 0.340 e. The van der Waals surface area contributed by atoms with Crippen molar-refractivity contribution in [2.24, 2.45) is 0 Å². The van der Waals surface area contributed by atoms with E-state index in [0.717, 1.165) is 24.5 Å². The summed E-state index contributed by atoms with van der Waals surface area (Å²) in [5, 5.41) is 2.79. The standard InChI is InChI=1S/C19H22N2O5/c1-24-19(23)16-13-14(21-8-11-25-12-9-21)4-6-17(16)20-18(22)7-5-15-3-2-10-26-15/h2-4,6,10,13H,5,7-9,11-12H2,1H3,(H,20,22). The topological polar surface area (TPSA) is 81.0 Å². The zero-order valence-corrected chi connectivity index (χ0v) is 14.7. The Bertz CT molecular complexity index is 751. The summed E-state index contributed by atoms with van der Waals surface area (Å²) in [5.41, 5.74) is 1.68. The molecule has 1 aliphatic heterocycles. The second kappa shape index (κ2) is 8.53. The summed E-state index contributed by atoms with van der Waals surface area (Å²) in [6.45, 7) is 2.82. The van der Waals surface area contributed by atoms with E-state index in [2.05, 4.69) is 10.2 Å². The summed E-state index contributed by atoms with van der Waals surface area (Å²) in [6, 6.07) is 8.98. The molecule has 0 saturated carbocycles. The van der Waals surface area contributed by atoms with Gasteiger partial charge in [0.2, 0.25) is 5.91 Å². The summed E-state index contributed by atoms with van der Waals surface area (Å²) in [7, 11) is 1.33. The van der Waals surface area contributed by atoms with Crippen LogP contribution < -0.4 is 10.2 Å². The monoisotopic (exact) mass is 358 g/mol. The second-order valence-electron chi connectivity index (χ2n) is 5.95. The van der Waals surface area contributed by atoms with Gasteiger partial charge in [-0.15, -0.1) is 0 Å². The highest BCUT2D eigenvalue weighted by Crippen LogP contribution is 2.25. The third-order valence-electron chi connectivity index (χ3n) is 4.24. The van der Waals surface area contributed by atoms with E-state index in [1.807, 2.05) is 12.1 Å². The number of nitrogens with zero attached hydrogens (tertiary/aromatic N) is 1. The normalized spacial score (nSPS) is 14.1. The summed E-state index contributed by atoms with van der Waals surface area (Å²) >= 11 is 0. The van der Waals surface area contributed by atoms with Crippen LogP contribution in [-0.4, -0.2) is 45.3 Å². The van der Waals surface area contributed by atoms with E-state index in [1.54, 1.807) is 24.5 Å². The molecule has 7 heteroatoms. The Kier molecular flexibility index (Phi) is 5.91. The number of furan rings is 1. The quantitative estimate of drug-likeness (QED) is 0.799. The lowest BCUT2D eigenvalue weighted by Gasteiger charge is -2.29. The number of methoxy groups -OCH3 is 1. The van der Waals surface area contributed by atoms with E-state index in [4.69, 9.17) is 13.9 Å². The molecule has 0 radical (unpaired) electrons. The molecule has 1 saturated heterocycles. The van der Waals surface area contributed by atoms with Gasteiger partial charge in [-0.25, -0.2) is 4.79 Å². The number of ether oxygens (including phenoxy) is 2. The molecule has 0 bridgehead atoms. The van der Waals surface area contributed by atoms with Crippen LogP contribution in [0.15, 0.2) is 41.0 Å². The molecular formula is C19H22N2O5. The van der Waals surface area contributed by atoms with Crippen molar-refractivity contribution < 1.29 is 23.5 Å². The van der Waals surface area contributed by atoms with Crippen molar-refractivity contribution in [2.75, 3.05) is 43.6 Å². The van der Waals surface area contributed by atoms with Crippen molar-refractivity contribution >= 4 is 23.3 Å². The van der Waals surface area contributed by atoms with Gasteiger partial charge in [0.1, 0.15) is 5.76 Å². The zero-order valence-electron chi connectivity index (χ0n) is 14.7. The Hall–Kier alpha value is -2.80. The van der Waals surface area contributed by atoms with Crippen LogP contribution in [0.2, 0.25) is 0 Å². The summed E-state index contributed by atoms with van der Waals surface area (Å²) in [6.07, 6.45) is 2.34. The smallest absolute Gasteiger partial charge is 0.340 e. The third kappa shape index (κ3) is 4.43. The van der Waals surface area contributed by atoms with Gasteiger partial charge in [-0.05, 0) is 30.3 Å². The molecule has 7 nitrogen and oxygen atoms in total. The highest BCUT2D eigenvalue weighted by atomic mass is 16.5. The van der Waals surface area contributed by atoms with Gasteiger partial charge in [0.15, 0.2) is 0 Å². The molecule has 3 rings (SSSR count). The molecule has 1 aromatic heterocycles. The number of hydrogen-bond donors (Lipinski definition) is 1. The second-order valence-corrected chi connectivity index (χ2v) is 5.95. The van der Waals surface area contributed by atoms with Crippen LogP contribution in [0.1, 0.15) is 22.5 Å². The SMILES string of the molecule is COC(=O)c1cc(N2CCOCC2)ccc1NC(=O)CCc1ccco1. The molecule has 1 fully saturated rings. The lowest BCUT2D eigenvalue weighted by atomic mass is 10.1. The van der Waals surface area contributed by atoms with E-state index >= 15 is 0 Å². The molecule has 2 heterocycles. The van der Waals surface area contributed by atoms with Gasteiger partial charge >= 0.3 is 5.97 Å². The fourth-order valence-electron chi connectivity index (χ4n) is 2.84. The maximum absolute atomic E-state index is 12.2. The average Bonchev–Trinajstić information content (AvgIpc) is 3.20. The van der Waals surface area contributed by atoms with Crippen LogP contribution in [-0.2, 0) is 20.7 Å². The molecule has 26 heavy (non-hydrogen) atoms. The first kappa shape index (κ1) is 18.0. The van der Waals surface area contributed by atoms with Crippen molar-refractivity contribution in [3.63, 3.8) is 0 Å². The van der Waals surface area contributed by atoms with Crippen molar-refractivity contribution in [1.29, 1.82) is 0 Å². The summed E-state index contributed by atoms with van der Waals surface area (Å²) in [5.74, 6) is 0.0723. The first-order chi connectivity index (χ1) is 12.7. The molecule has 2 aromatic rings. The van der Waals surface area contributed by atoms with E-state index < -0.39 is 5.97 Å². The molecule has 138 valence electrons. The molecule has 1 amide bonds. The number of nitrogens with one attached hydrogen (secondary N) is 1. The Morgan fingerprint density at radius 1 is 1.23 bits per heavy atom. The van der Waals surface area contributed by atoms with Gasteiger partial charge in [-0.1, -0.05) is 0 Å². The van der Waals surface area contributed by atoms with Crippen molar-refractivity contribution in [1.82, 2.24) is 0 Å². The lowest BCUT2D eigenvalue weighted by molar-refractivity contribution is -0.116. The van der Waals surface area contributed by atoms with E-state index in [0.29, 0.717) is 30.9 Å². The number of carbonyl (C=O) groups excluding carboxylic acids is 2. The van der Waals surface area contributed by atoms with Crippen LogP contribution in [0.4, 0.5) is 11.4 Å². The third-order valence-corrected chi connectivity index (χ3v) is 4.24. The van der Waals surface area contributed by atoms with Gasteiger partial charge in [0, 0.05) is 31.6 Å². The predicted octanol–water partition coefficient (Wildman–Crippen LogP) is 2.47. The molecule has 1 aliphatic rings. The number of hydrogen-bond acceptors (Lipinski definition) is 6. The van der Waals surface area contributed by atoms with Gasteiger partial charge < -0.3 is 24.1 Å². The van der Waals surface area contributed by atoms with E-state index in [9.17, 15) is 9.59 Å². The molecule has 0 aliphatic carbocycles. The van der Waals surface area contributed by atoms with Gasteiger partial charge in [-0.3, -0.25) is 4.79 Å². The number of aryl methyl sites for hydroxylation is 1. The minimum Gasteiger partial charge on any atom is -0.469 e. The van der Waals surface area contributed by atoms with Crippen LogP contribution in [0.3, 0.4) is 0 Å². The van der Waals surface area contributed by atoms with Crippen molar-refractivity contribution in [2.45, 2.75) is 12.8 Å². The zero-order chi connectivity index (χ0) is 18.4. The highest BCUT2D eigenvalue weighted by molar-refractivity contribution is 6.02. The Morgan fingerprint density at radius 2 is 2.04 bits per heavy atom. The minimum absolute atomic E-state index is 0.189. The fraction of sp³-hybridized carbons (Fsp3) is 0.368. The van der Waals surface area contributed by atoms with Crippen LogP contribution in [0.5, 0.6) is 0 Å². The van der Waals surface area contributed by atoms with Crippen LogP contribution in [0.25, 0.3) is 0 Å². The number of esters is 1. The Labute approximate surface area is 151 Å². The number of morpholine rings is 1. The Balaban J connectivity index is 1.72. The van der Waals surface area contributed by atoms with Gasteiger partial charge in [0.25, 0.3) is 0 Å². The first-order valence-electron chi connectivity index (χ1n) is 8.54. The Morgan fingerprint density at radius 3 is 2.73 bits per heavy atom. The van der Waals surface area contributed by atoms with Crippen LogP contribution >= 0.6 is 0 Å². The predicted molar refractivity (Wildman–Crippen MR) is 96.5 cm³/mol. The number of rotatable bonds is 6. The first-order valence-corrected chi connectivity index (χ1v) is 8.54. The van der Waals surface area contributed by atoms with E-state index in [-0.39, 0.29) is 12.3 Å². The fourth-order valence-corrected chi connectivity index (χ4v) is 2.84. The molecule has 0 spiro atoms. The summed E-state index contributed by atoms with van der Waals surface area (Å²) in [4.78, 5) is 26.5. The molecule has 1 N–H and O–H groups in total.